The molecule has 1 atom stereocenters. The van der Waals surface area contributed by atoms with Gasteiger partial charge in [0.15, 0.2) is 0 Å². The first-order valence-corrected chi connectivity index (χ1v) is 2.87. The summed E-state index contributed by atoms with van der Waals surface area (Å²) in [6.07, 6.45) is 0. The number of hydrogen-bond acceptors (Lipinski definition) is 2. The average molecular weight is 117 g/mol. The van der Waals surface area contributed by atoms with Gasteiger partial charge in [0, 0.05) is 11.6 Å². The highest BCUT2D eigenvalue weighted by molar-refractivity contribution is 7.80. The second-order valence-electron chi connectivity index (χ2n) is 1.66. The van der Waals surface area contributed by atoms with Crippen LogP contribution in [0.1, 0.15) is 6.92 Å². The van der Waals surface area contributed by atoms with Crippen molar-refractivity contribution in [3.8, 4) is 0 Å². The maximum absolute atomic E-state index is 5.30. The second-order valence-corrected chi connectivity index (χ2v) is 2.02. The van der Waals surface area contributed by atoms with Gasteiger partial charge in [-0.2, -0.15) is 12.6 Å². The highest BCUT2D eigenvalue weighted by Gasteiger charge is 1.96. The van der Waals surface area contributed by atoms with Crippen LogP contribution in [0.2, 0.25) is 0 Å². The van der Waals surface area contributed by atoms with Gasteiger partial charge in [-0.25, -0.2) is 0 Å². The predicted octanol–water partition coefficient (Wildman–Crippen LogP) is 1.02. The van der Waals surface area contributed by atoms with E-state index < -0.39 is 0 Å². The van der Waals surface area contributed by atoms with Crippen LogP contribution in [0.5, 0.6) is 0 Å². The maximum Gasteiger partial charge on any atom is 0.00444 e. The molecule has 0 spiro atoms. The van der Waals surface area contributed by atoms with Gasteiger partial charge in [-0.1, -0.05) is 13.5 Å². The molecule has 42 valence electrons. The molecule has 0 unspecified atom stereocenters. The van der Waals surface area contributed by atoms with Crippen molar-refractivity contribution in [1.82, 2.24) is 0 Å². The smallest absolute Gasteiger partial charge is 0.00444 e. The fourth-order valence-corrected chi connectivity index (χ4v) is 0.352. The Kier molecular flexibility index (Phi) is 2.92. The summed E-state index contributed by atoms with van der Waals surface area (Å²) >= 11 is 4.01. The average Bonchev–Trinajstić information content (AvgIpc) is 1.65. The van der Waals surface area contributed by atoms with Crippen molar-refractivity contribution >= 4 is 12.6 Å². The van der Waals surface area contributed by atoms with Crippen LogP contribution in [0.25, 0.3) is 0 Å². The molecular formula is C5H11NS. The molecule has 2 N–H and O–H groups in total. The zero-order valence-corrected chi connectivity index (χ0v) is 5.41. The molecule has 0 aromatic rings. The number of allylic oxidation sites excluding steroid dienone is 1. The Labute approximate surface area is 50.0 Å². The van der Waals surface area contributed by atoms with E-state index in [1.165, 1.54) is 0 Å². The van der Waals surface area contributed by atoms with E-state index in [4.69, 9.17) is 5.73 Å². The molecular weight excluding hydrogens is 106 g/mol. The van der Waals surface area contributed by atoms with E-state index in [-0.39, 0.29) is 0 Å². The quantitative estimate of drug-likeness (QED) is 0.519. The molecule has 0 aromatic heterocycles. The molecule has 0 saturated carbocycles. The molecule has 0 bridgehead atoms. The topological polar surface area (TPSA) is 26.0 Å². The SMILES string of the molecule is C=C(N)[C@@H](C)CS. The Balaban J connectivity index is 3.34. The van der Waals surface area contributed by atoms with Gasteiger partial charge in [0.25, 0.3) is 0 Å². The van der Waals surface area contributed by atoms with Crippen molar-refractivity contribution in [1.29, 1.82) is 0 Å². The minimum Gasteiger partial charge on any atom is -0.402 e. The van der Waals surface area contributed by atoms with Crippen molar-refractivity contribution in [3.05, 3.63) is 12.3 Å². The molecule has 0 saturated heterocycles. The van der Waals surface area contributed by atoms with Crippen LogP contribution in [-0.4, -0.2) is 5.75 Å². The number of thiol groups is 1. The molecule has 0 amide bonds. The Bertz CT molecular complexity index is 70.5. The standard InChI is InChI=1S/C5H11NS/c1-4(3-7)5(2)6/h4,7H,2-3,6H2,1H3/t4-/m0/s1. The number of rotatable bonds is 2. The zero-order chi connectivity index (χ0) is 5.86. The van der Waals surface area contributed by atoms with Crippen LogP contribution in [0.4, 0.5) is 0 Å². The van der Waals surface area contributed by atoms with Crippen LogP contribution in [0.15, 0.2) is 12.3 Å². The molecule has 0 aliphatic carbocycles. The van der Waals surface area contributed by atoms with Crippen LogP contribution >= 0.6 is 12.6 Å². The summed E-state index contributed by atoms with van der Waals surface area (Å²) in [5, 5.41) is 0. The molecule has 0 heterocycles. The zero-order valence-electron chi connectivity index (χ0n) is 4.52. The lowest BCUT2D eigenvalue weighted by Gasteiger charge is -2.03. The van der Waals surface area contributed by atoms with E-state index in [0.717, 1.165) is 11.4 Å². The molecule has 0 radical (unpaired) electrons. The van der Waals surface area contributed by atoms with Crippen molar-refractivity contribution in [2.24, 2.45) is 11.7 Å². The Morgan fingerprint density at radius 3 is 2.43 bits per heavy atom. The largest absolute Gasteiger partial charge is 0.402 e. The van der Waals surface area contributed by atoms with E-state index in [9.17, 15) is 0 Å². The highest BCUT2D eigenvalue weighted by Crippen LogP contribution is 2.01. The molecule has 2 heteroatoms. The summed E-state index contributed by atoms with van der Waals surface area (Å²) in [6.45, 7) is 5.55. The predicted molar refractivity (Wildman–Crippen MR) is 36.3 cm³/mol. The van der Waals surface area contributed by atoms with Gasteiger partial charge in [0.1, 0.15) is 0 Å². The van der Waals surface area contributed by atoms with Crippen LogP contribution in [0, 0.1) is 5.92 Å². The Morgan fingerprint density at radius 2 is 2.43 bits per heavy atom. The first-order chi connectivity index (χ1) is 3.18. The van der Waals surface area contributed by atoms with Crippen LogP contribution < -0.4 is 5.73 Å². The normalized spacial score (nSPS) is 13.4. The Morgan fingerprint density at radius 1 is 2.00 bits per heavy atom. The lowest BCUT2D eigenvalue weighted by atomic mass is 10.2. The number of hydrogen-bond donors (Lipinski definition) is 2. The molecule has 7 heavy (non-hydrogen) atoms. The van der Waals surface area contributed by atoms with E-state index in [1.807, 2.05) is 6.92 Å². The summed E-state index contributed by atoms with van der Waals surface area (Å²) in [6, 6.07) is 0. The van der Waals surface area contributed by atoms with Crippen molar-refractivity contribution < 1.29 is 0 Å². The minimum atomic E-state index is 0.350. The third-order valence-electron chi connectivity index (χ3n) is 0.907. The number of nitrogens with two attached hydrogens (primary N) is 1. The van der Waals surface area contributed by atoms with E-state index in [2.05, 4.69) is 19.2 Å². The van der Waals surface area contributed by atoms with Gasteiger partial charge in [-0.05, 0) is 5.75 Å². The molecule has 0 aromatic carbocycles. The lowest BCUT2D eigenvalue weighted by molar-refractivity contribution is 0.777. The van der Waals surface area contributed by atoms with Crippen molar-refractivity contribution in [3.63, 3.8) is 0 Å². The summed E-state index contributed by atoms with van der Waals surface area (Å²) in [5.41, 5.74) is 6.02. The first kappa shape index (κ1) is 6.89. The molecule has 1 nitrogen and oxygen atoms in total. The molecule has 0 aliphatic rings. The fourth-order valence-electron chi connectivity index (χ4n) is 0.117. The minimum absolute atomic E-state index is 0.350. The molecule has 0 rings (SSSR count). The lowest BCUT2D eigenvalue weighted by Crippen LogP contribution is -2.07. The maximum atomic E-state index is 5.30. The molecule has 0 fully saturated rings. The Hall–Kier alpha value is -0.110. The summed E-state index contributed by atoms with van der Waals surface area (Å²) in [5.74, 6) is 1.14. The van der Waals surface area contributed by atoms with Gasteiger partial charge < -0.3 is 5.73 Å². The van der Waals surface area contributed by atoms with Gasteiger partial charge in [-0.15, -0.1) is 0 Å². The highest BCUT2D eigenvalue weighted by atomic mass is 32.1. The van der Waals surface area contributed by atoms with Gasteiger partial charge in [-0.3, -0.25) is 0 Å². The molecule has 0 aliphatic heterocycles. The van der Waals surface area contributed by atoms with Crippen LogP contribution in [-0.2, 0) is 0 Å². The van der Waals surface area contributed by atoms with E-state index in [0.29, 0.717) is 5.92 Å². The monoisotopic (exact) mass is 117 g/mol. The first-order valence-electron chi connectivity index (χ1n) is 2.23. The summed E-state index contributed by atoms with van der Waals surface area (Å²) in [7, 11) is 0. The van der Waals surface area contributed by atoms with Gasteiger partial charge >= 0.3 is 0 Å². The summed E-state index contributed by atoms with van der Waals surface area (Å²) in [4.78, 5) is 0. The fraction of sp³-hybridized carbons (Fsp3) is 0.600. The van der Waals surface area contributed by atoms with Gasteiger partial charge in [0.05, 0.1) is 0 Å². The third-order valence-corrected chi connectivity index (χ3v) is 1.45. The van der Waals surface area contributed by atoms with Crippen LogP contribution in [0.3, 0.4) is 0 Å². The summed E-state index contributed by atoms with van der Waals surface area (Å²) < 4.78 is 0. The second kappa shape index (κ2) is 2.97. The van der Waals surface area contributed by atoms with Crippen molar-refractivity contribution in [2.45, 2.75) is 6.92 Å². The van der Waals surface area contributed by atoms with E-state index >= 15 is 0 Å². The van der Waals surface area contributed by atoms with Gasteiger partial charge in [0.2, 0.25) is 0 Å². The van der Waals surface area contributed by atoms with E-state index in [1.54, 1.807) is 0 Å². The van der Waals surface area contributed by atoms with Crippen molar-refractivity contribution in [2.75, 3.05) is 5.75 Å². The third kappa shape index (κ3) is 2.57.